The van der Waals surface area contributed by atoms with Crippen molar-refractivity contribution in [2.24, 2.45) is 0 Å². The van der Waals surface area contributed by atoms with Crippen molar-refractivity contribution < 1.29 is 9.59 Å². The molecule has 1 aliphatic heterocycles. The minimum absolute atomic E-state index is 0.110. The van der Waals surface area contributed by atoms with E-state index in [1.54, 1.807) is 13.2 Å². The Morgan fingerprint density at radius 2 is 1.86 bits per heavy atom. The Hall–Kier alpha value is -3.38. The number of rotatable bonds is 5. The molecule has 1 aromatic heterocycles. The molecule has 0 radical (unpaired) electrons. The van der Waals surface area contributed by atoms with E-state index in [0.717, 1.165) is 16.3 Å². The van der Waals surface area contributed by atoms with Crippen molar-refractivity contribution in [1.82, 2.24) is 15.0 Å². The number of carbonyl (C=O) groups excluding carboxylic acids is 2. The molecular formula is C19H18N6O2S. The molecule has 0 aliphatic carbocycles. The van der Waals surface area contributed by atoms with Crippen molar-refractivity contribution in [3.8, 4) is 17.5 Å². The summed E-state index contributed by atoms with van der Waals surface area (Å²) < 4.78 is 0. The standard InChI is InChI=1S/C19H18N6O2S/c1-11-9-15(26)25(19(11)27)23-17-14(10-20)18(28-4)22-16(21-17)12-5-7-13(8-6-12)24(2)3/h5-9H,1-4H3,(H,21,22,23). The van der Waals surface area contributed by atoms with E-state index in [0.29, 0.717) is 16.4 Å². The van der Waals surface area contributed by atoms with Gasteiger partial charge in [0.05, 0.1) is 0 Å². The van der Waals surface area contributed by atoms with Gasteiger partial charge in [0.25, 0.3) is 11.8 Å². The molecular weight excluding hydrogens is 376 g/mol. The van der Waals surface area contributed by atoms with E-state index in [1.165, 1.54) is 17.8 Å². The fourth-order valence-electron chi connectivity index (χ4n) is 2.61. The molecule has 2 heterocycles. The molecule has 1 aromatic carbocycles. The highest BCUT2D eigenvalue weighted by Gasteiger charge is 2.30. The van der Waals surface area contributed by atoms with E-state index in [4.69, 9.17) is 0 Å². The third kappa shape index (κ3) is 3.54. The summed E-state index contributed by atoms with van der Waals surface area (Å²) in [7, 11) is 3.89. The molecule has 0 bridgehead atoms. The van der Waals surface area contributed by atoms with E-state index in [1.807, 2.05) is 43.3 Å². The number of imide groups is 1. The largest absolute Gasteiger partial charge is 0.378 e. The van der Waals surface area contributed by atoms with E-state index in [-0.39, 0.29) is 11.4 Å². The Balaban J connectivity index is 2.04. The Bertz CT molecular complexity index is 1020. The molecule has 9 heteroatoms. The zero-order chi connectivity index (χ0) is 20.4. The molecule has 1 N–H and O–H groups in total. The van der Waals surface area contributed by atoms with Crippen molar-refractivity contribution in [3.63, 3.8) is 0 Å². The molecule has 0 unspecified atom stereocenters. The summed E-state index contributed by atoms with van der Waals surface area (Å²) >= 11 is 1.29. The first kappa shape index (κ1) is 19.4. The van der Waals surface area contributed by atoms with Gasteiger partial charge in [-0.25, -0.2) is 9.97 Å². The number of hydrogen-bond donors (Lipinski definition) is 1. The summed E-state index contributed by atoms with van der Waals surface area (Å²) in [5, 5.41) is 10.9. The van der Waals surface area contributed by atoms with Crippen LogP contribution in [-0.4, -0.2) is 47.1 Å². The number of nitriles is 1. The van der Waals surface area contributed by atoms with E-state index >= 15 is 0 Å². The minimum Gasteiger partial charge on any atom is -0.378 e. The number of thioether (sulfide) groups is 1. The molecule has 2 aromatic rings. The summed E-state index contributed by atoms with van der Waals surface area (Å²) in [5.41, 5.74) is 4.95. The number of benzene rings is 1. The van der Waals surface area contributed by atoms with Crippen LogP contribution < -0.4 is 10.3 Å². The van der Waals surface area contributed by atoms with Gasteiger partial charge in [-0.3, -0.25) is 15.0 Å². The Morgan fingerprint density at radius 1 is 1.18 bits per heavy atom. The topological polar surface area (TPSA) is 102 Å². The first-order valence-corrected chi connectivity index (χ1v) is 9.55. The lowest BCUT2D eigenvalue weighted by atomic mass is 10.2. The van der Waals surface area contributed by atoms with Crippen LogP contribution in [0.2, 0.25) is 0 Å². The summed E-state index contributed by atoms with van der Waals surface area (Å²) in [6.07, 6.45) is 3.03. The van der Waals surface area contributed by atoms with Gasteiger partial charge in [-0.2, -0.15) is 10.3 Å². The second-order valence-electron chi connectivity index (χ2n) is 6.25. The van der Waals surface area contributed by atoms with Crippen molar-refractivity contribution in [2.45, 2.75) is 11.9 Å². The number of hydrazine groups is 1. The molecule has 1 aliphatic rings. The Morgan fingerprint density at radius 3 is 2.36 bits per heavy atom. The lowest BCUT2D eigenvalue weighted by Gasteiger charge is -2.18. The van der Waals surface area contributed by atoms with Crippen LogP contribution in [0.15, 0.2) is 40.9 Å². The van der Waals surface area contributed by atoms with Crippen LogP contribution in [-0.2, 0) is 9.59 Å². The van der Waals surface area contributed by atoms with Gasteiger partial charge in [-0.1, -0.05) is 0 Å². The van der Waals surface area contributed by atoms with Gasteiger partial charge >= 0.3 is 0 Å². The number of hydrogen-bond acceptors (Lipinski definition) is 8. The maximum Gasteiger partial charge on any atom is 0.275 e. The Kier molecular flexibility index (Phi) is 5.33. The van der Waals surface area contributed by atoms with Crippen molar-refractivity contribution in [3.05, 3.63) is 41.5 Å². The summed E-state index contributed by atoms with van der Waals surface area (Å²) in [6.45, 7) is 1.55. The molecule has 0 saturated heterocycles. The van der Waals surface area contributed by atoms with E-state index in [9.17, 15) is 14.9 Å². The second-order valence-corrected chi connectivity index (χ2v) is 7.05. The van der Waals surface area contributed by atoms with Crippen LogP contribution in [0.1, 0.15) is 12.5 Å². The van der Waals surface area contributed by atoms with E-state index in [2.05, 4.69) is 21.5 Å². The predicted molar refractivity (Wildman–Crippen MR) is 108 cm³/mol. The quantitative estimate of drug-likeness (QED) is 0.469. The average molecular weight is 394 g/mol. The monoisotopic (exact) mass is 394 g/mol. The highest BCUT2D eigenvalue weighted by Crippen LogP contribution is 2.29. The summed E-state index contributed by atoms with van der Waals surface area (Å²) in [5.74, 6) is -0.485. The maximum atomic E-state index is 12.2. The normalized spacial score (nSPS) is 13.4. The third-order valence-corrected chi connectivity index (χ3v) is 4.82. The fourth-order valence-corrected chi connectivity index (χ4v) is 3.13. The van der Waals surface area contributed by atoms with Crippen LogP contribution in [0.3, 0.4) is 0 Å². The zero-order valence-corrected chi connectivity index (χ0v) is 16.7. The van der Waals surface area contributed by atoms with Crippen LogP contribution in [0.25, 0.3) is 11.4 Å². The molecule has 0 spiro atoms. The number of amides is 2. The lowest BCUT2D eigenvalue weighted by molar-refractivity contribution is -0.135. The van der Waals surface area contributed by atoms with Crippen molar-refractivity contribution in [1.29, 1.82) is 5.26 Å². The van der Waals surface area contributed by atoms with Gasteiger partial charge in [-0.05, 0) is 37.4 Å². The van der Waals surface area contributed by atoms with Crippen LogP contribution in [0.5, 0.6) is 0 Å². The second kappa shape index (κ2) is 7.70. The fraction of sp³-hybridized carbons (Fsp3) is 0.211. The third-order valence-electron chi connectivity index (χ3n) is 4.14. The van der Waals surface area contributed by atoms with Crippen LogP contribution in [0.4, 0.5) is 11.5 Å². The SMILES string of the molecule is CSc1nc(-c2ccc(N(C)C)cc2)nc(NN2C(=O)C=C(C)C2=O)c1C#N. The highest BCUT2D eigenvalue weighted by molar-refractivity contribution is 7.98. The van der Waals surface area contributed by atoms with Gasteiger partial charge in [0, 0.05) is 37.0 Å². The molecule has 8 nitrogen and oxygen atoms in total. The average Bonchev–Trinajstić information content (AvgIpc) is 2.93. The number of aromatic nitrogens is 2. The number of nitrogens with one attached hydrogen (secondary N) is 1. The van der Waals surface area contributed by atoms with Crippen molar-refractivity contribution >= 4 is 35.1 Å². The first-order valence-electron chi connectivity index (χ1n) is 8.33. The first-order chi connectivity index (χ1) is 13.3. The van der Waals surface area contributed by atoms with Gasteiger partial charge in [0.1, 0.15) is 16.7 Å². The molecule has 3 rings (SSSR count). The number of carbonyl (C=O) groups is 2. The number of nitrogens with zero attached hydrogens (tertiary/aromatic N) is 5. The highest BCUT2D eigenvalue weighted by atomic mass is 32.2. The maximum absolute atomic E-state index is 12.2. The van der Waals surface area contributed by atoms with Gasteiger partial charge in [-0.15, -0.1) is 11.8 Å². The molecule has 0 atom stereocenters. The molecule has 0 saturated carbocycles. The van der Waals surface area contributed by atoms with E-state index < -0.39 is 11.8 Å². The molecule has 28 heavy (non-hydrogen) atoms. The number of anilines is 2. The van der Waals surface area contributed by atoms with Gasteiger partial charge < -0.3 is 4.90 Å². The van der Waals surface area contributed by atoms with Crippen molar-refractivity contribution in [2.75, 3.05) is 30.7 Å². The molecule has 142 valence electrons. The Labute approximate surface area is 166 Å². The summed E-state index contributed by atoms with van der Waals surface area (Å²) in [4.78, 5) is 35.1. The lowest BCUT2D eigenvalue weighted by Crippen LogP contribution is -2.37. The summed E-state index contributed by atoms with van der Waals surface area (Å²) in [6, 6.07) is 9.67. The molecule has 0 fully saturated rings. The van der Waals surface area contributed by atoms with Gasteiger partial charge in [0.15, 0.2) is 11.6 Å². The van der Waals surface area contributed by atoms with Crippen LogP contribution >= 0.6 is 11.8 Å². The zero-order valence-electron chi connectivity index (χ0n) is 15.8. The minimum atomic E-state index is -0.507. The van der Waals surface area contributed by atoms with Crippen LogP contribution in [0, 0.1) is 11.3 Å². The molecule has 2 amide bonds. The predicted octanol–water partition coefficient (Wildman–Crippen LogP) is 2.45. The van der Waals surface area contributed by atoms with Gasteiger partial charge in [0.2, 0.25) is 0 Å². The smallest absolute Gasteiger partial charge is 0.275 e.